The summed E-state index contributed by atoms with van der Waals surface area (Å²) in [6.45, 7) is 3.62. The van der Waals surface area contributed by atoms with E-state index in [4.69, 9.17) is 5.11 Å². The van der Waals surface area contributed by atoms with E-state index in [9.17, 15) is 9.59 Å². The van der Waals surface area contributed by atoms with Gasteiger partial charge < -0.3 is 14.9 Å². The summed E-state index contributed by atoms with van der Waals surface area (Å²) in [6, 6.07) is -0.0892. The summed E-state index contributed by atoms with van der Waals surface area (Å²) >= 11 is 0. The van der Waals surface area contributed by atoms with E-state index in [1.54, 1.807) is 11.9 Å². The van der Waals surface area contributed by atoms with Crippen molar-refractivity contribution in [2.75, 3.05) is 26.7 Å². The molecule has 0 bridgehead atoms. The summed E-state index contributed by atoms with van der Waals surface area (Å²) in [5.74, 6) is -0.880. The third-order valence-electron chi connectivity index (χ3n) is 2.59. The van der Waals surface area contributed by atoms with Crippen LogP contribution in [0.1, 0.15) is 19.8 Å². The lowest BCUT2D eigenvalue weighted by atomic mass is 10.1. The molecule has 2 amide bonds. The number of urea groups is 1. The smallest absolute Gasteiger partial charge is 0.320 e. The van der Waals surface area contributed by atoms with Crippen molar-refractivity contribution in [3.05, 3.63) is 11.6 Å². The van der Waals surface area contributed by atoms with Crippen LogP contribution in [0, 0.1) is 0 Å². The Bertz CT molecular complexity index is 312. The summed E-state index contributed by atoms with van der Waals surface area (Å²) in [7, 11) is 1.64. The van der Waals surface area contributed by atoms with Gasteiger partial charge in [-0.05, 0) is 13.3 Å². The normalized spacial score (nSPS) is 15.6. The molecule has 0 atom stereocenters. The molecule has 0 saturated heterocycles. The number of carbonyl (C=O) groups excluding carboxylic acids is 1. The zero-order valence-electron chi connectivity index (χ0n) is 9.77. The number of rotatable bonds is 3. The third-order valence-corrected chi connectivity index (χ3v) is 2.59. The van der Waals surface area contributed by atoms with E-state index in [0.29, 0.717) is 13.1 Å². The topological polar surface area (TPSA) is 60.9 Å². The third kappa shape index (κ3) is 3.56. The first-order chi connectivity index (χ1) is 7.50. The van der Waals surface area contributed by atoms with E-state index < -0.39 is 5.97 Å². The molecule has 16 heavy (non-hydrogen) atoms. The lowest BCUT2D eigenvalue weighted by molar-refractivity contribution is -0.137. The van der Waals surface area contributed by atoms with E-state index in [2.05, 4.69) is 6.08 Å². The van der Waals surface area contributed by atoms with Crippen molar-refractivity contribution >= 4 is 12.0 Å². The Hall–Kier alpha value is -1.52. The van der Waals surface area contributed by atoms with E-state index in [1.165, 1.54) is 10.5 Å². The van der Waals surface area contributed by atoms with Crippen LogP contribution in [-0.4, -0.2) is 53.6 Å². The fraction of sp³-hybridized carbons (Fsp3) is 0.636. The average Bonchev–Trinajstić information content (AvgIpc) is 2.24. The summed E-state index contributed by atoms with van der Waals surface area (Å²) in [5, 5.41) is 8.54. The van der Waals surface area contributed by atoms with E-state index >= 15 is 0 Å². The summed E-state index contributed by atoms with van der Waals surface area (Å²) in [5.41, 5.74) is 1.19. The van der Waals surface area contributed by atoms with Crippen LogP contribution in [0.2, 0.25) is 0 Å². The molecule has 0 aromatic rings. The van der Waals surface area contributed by atoms with Crippen LogP contribution in [0.3, 0.4) is 0 Å². The first-order valence-corrected chi connectivity index (χ1v) is 5.38. The molecule has 0 unspecified atom stereocenters. The number of carboxylic acid groups (broad SMARTS) is 1. The van der Waals surface area contributed by atoms with Crippen LogP contribution in [-0.2, 0) is 4.79 Å². The number of nitrogens with zero attached hydrogens (tertiary/aromatic N) is 2. The monoisotopic (exact) mass is 226 g/mol. The maximum absolute atomic E-state index is 11.9. The highest BCUT2D eigenvalue weighted by atomic mass is 16.4. The lowest BCUT2D eigenvalue weighted by Crippen LogP contribution is -2.44. The highest BCUT2D eigenvalue weighted by Crippen LogP contribution is 2.10. The molecule has 90 valence electrons. The van der Waals surface area contributed by atoms with Crippen LogP contribution >= 0.6 is 0 Å². The fourth-order valence-corrected chi connectivity index (χ4v) is 1.68. The summed E-state index contributed by atoms with van der Waals surface area (Å²) < 4.78 is 0. The van der Waals surface area contributed by atoms with Crippen molar-refractivity contribution in [3.8, 4) is 0 Å². The van der Waals surface area contributed by atoms with Gasteiger partial charge in [0.25, 0.3) is 0 Å². The largest absolute Gasteiger partial charge is 0.481 e. The Morgan fingerprint density at radius 2 is 2.25 bits per heavy atom. The molecule has 1 rings (SSSR count). The molecular weight excluding hydrogens is 208 g/mol. The van der Waals surface area contributed by atoms with Gasteiger partial charge in [0, 0.05) is 26.7 Å². The predicted octanol–water partition coefficient (Wildman–Crippen LogP) is 1.16. The van der Waals surface area contributed by atoms with E-state index in [1.807, 2.05) is 6.92 Å². The molecule has 0 aromatic heterocycles. The van der Waals surface area contributed by atoms with Gasteiger partial charge in [-0.2, -0.15) is 0 Å². The SMILES string of the molecule is CC1=CCCN(C(=O)N(C)CCC(=O)O)C1. The van der Waals surface area contributed by atoms with Gasteiger partial charge in [-0.3, -0.25) is 4.79 Å². The standard InChI is InChI=1S/C11H18N2O3/c1-9-4-3-6-13(8-9)11(16)12(2)7-5-10(14)15/h4H,3,5-8H2,1-2H3,(H,14,15). The molecule has 0 fully saturated rings. The first-order valence-electron chi connectivity index (χ1n) is 5.38. The van der Waals surface area contributed by atoms with Gasteiger partial charge in [-0.25, -0.2) is 4.79 Å². The van der Waals surface area contributed by atoms with Crippen LogP contribution in [0.25, 0.3) is 0 Å². The molecule has 0 aromatic carbocycles. The van der Waals surface area contributed by atoms with Gasteiger partial charge in [0.2, 0.25) is 0 Å². The predicted molar refractivity (Wildman–Crippen MR) is 60.2 cm³/mol. The Kier molecular flexibility index (Phi) is 4.34. The molecule has 5 nitrogen and oxygen atoms in total. The van der Waals surface area contributed by atoms with Crippen LogP contribution in [0.5, 0.6) is 0 Å². The second kappa shape index (κ2) is 5.53. The Morgan fingerprint density at radius 1 is 1.56 bits per heavy atom. The van der Waals surface area contributed by atoms with Crippen LogP contribution < -0.4 is 0 Å². The first kappa shape index (κ1) is 12.5. The zero-order chi connectivity index (χ0) is 12.1. The van der Waals surface area contributed by atoms with Crippen molar-refractivity contribution in [1.29, 1.82) is 0 Å². The Morgan fingerprint density at radius 3 is 2.81 bits per heavy atom. The van der Waals surface area contributed by atoms with Gasteiger partial charge in [-0.15, -0.1) is 0 Å². The molecule has 0 saturated carbocycles. The van der Waals surface area contributed by atoms with E-state index in [0.717, 1.165) is 6.42 Å². The molecule has 0 aliphatic carbocycles. The zero-order valence-corrected chi connectivity index (χ0v) is 9.77. The van der Waals surface area contributed by atoms with Crippen LogP contribution in [0.15, 0.2) is 11.6 Å². The number of aliphatic carboxylic acids is 1. The minimum atomic E-state index is -0.880. The quantitative estimate of drug-likeness (QED) is 0.735. The molecule has 1 N–H and O–H groups in total. The number of carbonyl (C=O) groups is 2. The van der Waals surface area contributed by atoms with Gasteiger partial charge in [0.05, 0.1) is 6.42 Å². The summed E-state index contributed by atoms with van der Waals surface area (Å²) in [4.78, 5) is 25.5. The molecule has 0 spiro atoms. The number of hydrogen-bond donors (Lipinski definition) is 1. The van der Waals surface area contributed by atoms with Crippen LogP contribution in [0.4, 0.5) is 4.79 Å². The molecular formula is C11H18N2O3. The van der Waals surface area contributed by atoms with Crippen molar-refractivity contribution in [3.63, 3.8) is 0 Å². The van der Waals surface area contributed by atoms with Crippen molar-refractivity contribution < 1.29 is 14.7 Å². The van der Waals surface area contributed by atoms with Crippen molar-refractivity contribution in [2.45, 2.75) is 19.8 Å². The highest BCUT2D eigenvalue weighted by Gasteiger charge is 2.20. The highest BCUT2D eigenvalue weighted by molar-refractivity contribution is 5.75. The van der Waals surface area contributed by atoms with Crippen molar-refractivity contribution in [2.24, 2.45) is 0 Å². The van der Waals surface area contributed by atoms with Gasteiger partial charge in [-0.1, -0.05) is 11.6 Å². The fourth-order valence-electron chi connectivity index (χ4n) is 1.68. The molecule has 0 radical (unpaired) electrons. The van der Waals surface area contributed by atoms with E-state index in [-0.39, 0.29) is 19.0 Å². The maximum Gasteiger partial charge on any atom is 0.320 e. The van der Waals surface area contributed by atoms with Gasteiger partial charge in [0.15, 0.2) is 0 Å². The van der Waals surface area contributed by atoms with Gasteiger partial charge in [0.1, 0.15) is 0 Å². The van der Waals surface area contributed by atoms with Gasteiger partial charge >= 0.3 is 12.0 Å². The molecule has 1 aliphatic rings. The lowest BCUT2D eigenvalue weighted by Gasteiger charge is -2.30. The second-order valence-electron chi connectivity index (χ2n) is 4.11. The average molecular weight is 226 g/mol. The number of carboxylic acids is 1. The minimum Gasteiger partial charge on any atom is -0.481 e. The van der Waals surface area contributed by atoms with Crippen molar-refractivity contribution in [1.82, 2.24) is 9.80 Å². The summed E-state index contributed by atoms with van der Waals surface area (Å²) in [6.07, 6.45) is 3.00. The maximum atomic E-state index is 11.9. The molecule has 1 heterocycles. The minimum absolute atomic E-state index is 0.00903. The molecule has 1 aliphatic heterocycles. The number of hydrogen-bond acceptors (Lipinski definition) is 2. The number of amides is 2. The second-order valence-corrected chi connectivity index (χ2v) is 4.11. The molecule has 5 heteroatoms. The Labute approximate surface area is 95.3 Å². The Balaban J connectivity index is 2.44.